The van der Waals surface area contributed by atoms with E-state index in [4.69, 9.17) is 0 Å². The van der Waals surface area contributed by atoms with Gasteiger partial charge in [0.1, 0.15) is 0 Å². The Balaban J connectivity index is 0.00000245. The van der Waals surface area contributed by atoms with Gasteiger partial charge in [-0.3, -0.25) is 0 Å². The van der Waals surface area contributed by atoms with Crippen LogP contribution >= 0.6 is 0 Å². The highest BCUT2D eigenvalue weighted by Gasteiger charge is 2.11. The number of rotatable bonds is 4. The molecule has 0 atom stereocenters. The smallest absolute Gasteiger partial charge is 0.173 e. The van der Waals surface area contributed by atoms with Gasteiger partial charge < -0.3 is 12.4 Å². The van der Waals surface area contributed by atoms with Gasteiger partial charge in [0.25, 0.3) is 0 Å². The van der Waals surface area contributed by atoms with E-state index in [0.29, 0.717) is 0 Å². The highest BCUT2D eigenvalue weighted by Crippen LogP contribution is 2.27. The van der Waals surface area contributed by atoms with Gasteiger partial charge >= 0.3 is 0 Å². The fraction of sp³-hybridized carbons (Fsp3) is 0.167. The van der Waals surface area contributed by atoms with Crippen LogP contribution in [0.3, 0.4) is 0 Å². The van der Waals surface area contributed by atoms with Crippen LogP contribution in [0.5, 0.6) is 0 Å². The van der Waals surface area contributed by atoms with E-state index in [-0.39, 0.29) is 12.4 Å². The second kappa shape index (κ2) is 9.97. The van der Waals surface area contributed by atoms with Crippen molar-refractivity contribution in [2.45, 2.75) is 32.2 Å². The van der Waals surface area contributed by atoms with Crippen molar-refractivity contribution in [2.75, 3.05) is 0 Å². The molecule has 0 radical (unpaired) electrons. The molecule has 4 aliphatic rings. The molecule has 0 unspecified atom stereocenters. The summed E-state index contributed by atoms with van der Waals surface area (Å²) >= 11 is 0. The lowest BCUT2D eigenvalue weighted by atomic mass is 9.91. The van der Waals surface area contributed by atoms with Crippen molar-refractivity contribution in [2.24, 2.45) is 0 Å². The van der Waals surface area contributed by atoms with E-state index in [1.165, 1.54) is 38.9 Å². The van der Waals surface area contributed by atoms with Gasteiger partial charge in [0.05, 0.1) is 0 Å². The number of aromatic nitrogens is 1. The largest absolute Gasteiger partial charge is 1.00 e. The molecule has 4 bridgehead atoms. The highest BCUT2D eigenvalue weighted by atomic mass is 35.5. The first-order chi connectivity index (χ1) is 15.3. The number of hydrogen-bond acceptors (Lipinski definition) is 0. The molecule has 4 aromatic rings. The summed E-state index contributed by atoms with van der Waals surface area (Å²) in [4.78, 5) is 0. The van der Waals surface area contributed by atoms with Gasteiger partial charge in [0, 0.05) is 17.7 Å². The molecule has 160 valence electrons. The van der Waals surface area contributed by atoms with Crippen molar-refractivity contribution < 1.29 is 17.0 Å². The third kappa shape index (κ3) is 5.00. The van der Waals surface area contributed by atoms with Crippen LogP contribution in [0.25, 0.3) is 17.2 Å². The SMILES string of the molecule is C=Cc1ccc(C[n+]2ccc(-c3cc4ccc3CCc3ccc(cc3)CC4)cc2)cc1.[Cl-]. The number of halogens is 1. The number of pyridine rings is 1. The van der Waals surface area contributed by atoms with Gasteiger partial charge in [0.15, 0.2) is 18.9 Å². The fourth-order valence-corrected chi connectivity index (χ4v) is 4.42. The Morgan fingerprint density at radius 1 is 0.688 bits per heavy atom. The van der Waals surface area contributed by atoms with E-state index in [0.717, 1.165) is 37.8 Å². The predicted molar refractivity (Wildman–Crippen MR) is 129 cm³/mol. The number of hydrogen-bond donors (Lipinski definition) is 0. The molecule has 32 heavy (non-hydrogen) atoms. The summed E-state index contributed by atoms with van der Waals surface area (Å²) in [5.74, 6) is 0. The van der Waals surface area contributed by atoms with E-state index in [1.54, 1.807) is 0 Å². The van der Waals surface area contributed by atoms with E-state index >= 15 is 0 Å². The summed E-state index contributed by atoms with van der Waals surface area (Å²) in [6, 6.07) is 29.4. The van der Waals surface area contributed by atoms with Gasteiger partial charge in [-0.25, -0.2) is 4.57 Å². The van der Waals surface area contributed by atoms with Gasteiger partial charge in [-0.15, -0.1) is 0 Å². The molecule has 8 rings (SSSR count). The molecule has 0 saturated carbocycles. The van der Waals surface area contributed by atoms with Crippen LogP contribution in [0, 0.1) is 0 Å². The summed E-state index contributed by atoms with van der Waals surface area (Å²) in [7, 11) is 0. The predicted octanol–water partition coefficient (Wildman–Crippen LogP) is 3.22. The lowest BCUT2D eigenvalue weighted by Crippen LogP contribution is -3.00. The molecule has 1 aromatic heterocycles. The Kier molecular flexibility index (Phi) is 6.87. The van der Waals surface area contributed by atoms with Crippen molar-refractivity contribution >= 4 is 6.08 Å². The van der Waals surface area contributed by atoms with Crippen LogP contribution in [0.15, 0.2) is 97.8 Å². The minimum atomic E-state index is 0. The molecule has 4 aliphatic carbocycles. The number of aryl methyl sites for hydroxylation is 4. The Bertz CT molecular complexity index is 1190. The Morgan fingerprint density at radius 3 is 1.94 bits per heavy atom. The second-order valence-corrected chi connectivity index (χ2v) is 8.51. The molecular formula is C30H28ClN. The van der Waals surface area contributed by atoms with Crippen LogP contribution in [-0.4, -0.2) is 0 Å². The molecule has 2 heteroatoms. The van der Waals surface area contributed by atoms with Crippen LogP contribution in [-0.2, 0) is 32.2 Å². The molecule has 0 fully saturated rings. The maximum atomic E-state index is 3.83. The number of nitrogens with zero attached hydrogens (tertiary/aromatic N) is 1. The monoisotopic (exact) mass is 437 g/mol. The van der Waals surface area contributed by atoms with Crippen molar-refractivity contribution in [3.8, 4) is 11.1 Å². The van der Waals surface area contributed by atoms with Crippen LogP contribution < -0.4 is 17.0 Å². The first-order valence-corrected chi connectivity index (χ1v) is 11.2. The van der Waals surface area contributed by atoms with Gasteiger partial charge in [-0.05, 0) is 64.6 Å². The molecule has 0 saturated heterocycles. The molecule has 0 N–H and O–H groups in total. The first-order valence-electron chi connectivity index (χ1n) is 11.2. The Hall–Kier alpha value is -3.16. The highest BCUT2D eigenvalue weighted by molar-refractivity contribution is 5.67. The summed E-state index contributed by atoms with van der Waals surface area (Å²) < 4.78 is 2.25. The van der Waals surface area contributed by atoms with E-state index in [1.807, 2.05) is 6.08 Å². The average molecular weight is 438 g/mol. The molecule has 0 amide bonds. The van der Waals surface area contributed by atoms with Gasteiger partial charge in [0.2, 0.25) is 0 Å². The van der Waals surface area contributed by atoms with E-state index in [2.05, 4.69) is 102 Å². The van der Waals surface area contributed by atoms with Crippen molar-refractivity contribution in [3.05, 3.63) is 131 Å². The van der Waals surface area contributed by atoms with Crippen LogP contribution in [0.2, 0.25) is 0 Å². The molecule has 0 spiro atoms. The average Bonchev–Trinajstić information content (AvgIpc) is 2.82. The standard InChI is InChI=1S/C30H28N.ClH/c1-2-23-3-11-27(12-4-23)22-31-19-17-29(18-20-31)30-21-26-10-9-24-5-7-25(8-6-24)13-15-28(30)16-14-26;/h2-8,11-12,14,16-21H,1,9-10,13,15,22H2;1H/q+1;/p-1. The van der Waals surface area contributed by atoms with Crippen molar-refractivity contribution in [3.63, 3.8) is 0 Å². The van der Waals surface area contributed by atoms with Crippen LogP contribution in [0.4, 0.5) is 0 Å². The minimum Gasteiger partial charge on any atom is -1.00 e. The van der Waals surface area contributed by atoms with Gasteiger partial charge in [-0.1, -0.05) is 79.4 Å². The third-order valence-electron chi connectivity index (χ3n) is 6.37. The molecule has 3 aromatic carbocycles. The lowest BCUT2D eigenvalue weighted by Gasteiger charge is -2.14. The zero-order valence-electron chi connectivity index (χ0n) is 18.3. The fourth-order valence-electron chi connectivity index (χ4n) is 4.42. The van der Waals surface area contributed by atoms with E-state index in [9.17, 15) is 0 Å². The molecule has 1 nitrogen and oxygen atoms in total. The first kappa shape index (κ1) is 22.0. The summed E-state index contributed by atoms with van der Waals surface area (Å²) in [6.07, 6.45) is 10.6. The topological polar surface area (TPSA) is 3.88 Å². The molecular weight excluding hydrogens is 410 g/mol. The molecule has 0 aliphatic heterocycles. The maximum absolute atomic E-state index is 3.83. The second-order valence-electron chi connectivity index (χ2n) is 8.51. The van der Waals surface area contributed by atoms with Crippen molar-refractivity contribution in [1.82, 2.24) is 0 Å². The summed E-state index contributed by atoms with van der Waals surface area (Å²) in [5.41, 5.74) is 10.9. The Morgan fingerprint density at radius 2 is 1.28 bits per heavy atom. The number of benzene rings is 3. The van der Waals surface area contributed by atoms with Gasteiger partial charge in [-0.2, -0.15) is 0 Å². The maximum Gasteiger partial charge on any atom is 0.173 e. The lowest BCUT2D eigenvalue weighted by molar-refractivity contribution is -0.688. The Labute approximate surface area is 197 Å². The summed E-state index contributed by atoms with van der Waals surface area (Å²) in [6.45, 7) is 4.71. The van der Waals surface area contributed by atoms with E-state index < -0.39 is 0 Å². The summed E-state index contributed by atoms with van der Waals surface area (Å²) in [5, 5.41) is 0. The zero-order valence-corrected chi connectivity index (χ0v) is 19.1. The minimum absolute atomic E-state index is 0. The molecule has 1 heterocycles. The third-order valence-corrected chi connectivity index (χ3v) is 6.37. The van der Waals surface area contributed by atoms with Crippen LogP contribution in [0.1, 0.15) is 33.4 Å². The quantitative estimate of drug-likeness (QED) is 0.432. The zero-order chi connectivity index (χ0) is 21.0. The normalized spacial score (nSPS) is 12.5. The van der Waals surface area contributed by atoms with Crippen molar-refractivity contribution in [1.29, 1.82) is 0 Å².